The van der Waals surface area contributed by atoms with Crippen molar-refractivity contribution in [1.29, 1.82) is 0 Å². The maximum absolute atomic E-state index is 11.7. The average Bonchev–Trinajstić information content (AvgIpc) is 2.47. The number of rotatable bonds is 5. The monoisotopic (exact) mass is 310 g/mol. The molecule has 1 saturated carbocycles. The van der Waals surface area contributed by atoms with Crippen LogP contribution in [0.1, 0.15) is 57.4 Å². The second kappa shape index (κ2) is 6.82. The van der Waals surface area contributed by atoms with Crippen molar-refractivity contribution in [3.63, 3.8) is 0 Å². The Morgan fingerprint density at radius 2 is 1.90 bits per heavy atom. The first-order valence-corrected chi connectivity index (χ1v) is 9.81. The average molecular weight is 310 g/mol. The zero-order valence-electron chi connectivity index (χ0n) is 13.2. The lowest BCUT2D eigenvalue weighted by molar-refractivity contribution is 0.156. The highest BCUT2D eigenvalue weighted by molar-refractivity contribution is 7.91. The van der Waals surface area contributed by atoms with Crippen LogP contribution < -0.4 is 4.74 Å². The van der Waals surface area contributed by atoms with Crippen molar-refractivity contribution in [3.05, 3.63) is 29.8 Å². The van der Waals surface area contributed by atoms with Crippen molar-refractivity contribution in [3.8, 4) is 5.75 Å². The van der Waals surface area contributed by atoms with Crippen molar-refractivity contribution in [2.75, 3.05) is 6.26 Å². The van der Waals surface area contributed by atoms with E-state index in [9.17, 15) is 8.42 Å². The lowest BCUT2D eigenvalue weighted by Gasteiger charge is -2.28. The van der Waals surface area contributed by atoms with Crippen LogP contribution in [0.15, 0.2) is 24.3 Å². The molecule has 0 heterocycles. The van der Waals surface area contributed by atoms with E-state index >= 15 is 0 Å². The highest BCUT2D eigenvalue weighted by Crippen LogP contribution is 2.28. The van der Waals surface area contributed by atoms with Crippen molar-refractivity contribution >= 4 is 9.84 Å². The van der Waals surface area contributed by atoms with Crippen LogP contribution in [0.4, 0.5) is 0 Å². The second-order valence-electron chi connectivity index (χ2n) is 6.24. The van der Waals surface area contributed by atoms with Gasteiger partial charge in [-0.25, -0.2) is 8.42 Å². The third kappa shape index (κ3) is 4.47. The van der Waals surface area contributed by atoms with Crippen molar-refractivity contribution in [1.82, 2.24) is 0 Å². The summed E-state index contributed by atoms with van der Waals surface area (Å²) in [7, 11) is -2.95. The molecular formula is C17H26O3S. The van der Waals surface area contributed by atoms with Gasteiger partial charge in [-0.05, 0) is 49.3 Å². The molecule has 0 N–H and O–H groups in total. The Bertz CT molecular complexity index is 548. The first-order chi connectivity index (χ1) is 9.90. The Labute approximate surface area is 128 Å². The summed E-state index contributed by atoms with van der Waals surface area (Å²) < 4.78 is 29.3. The van der Waals surface area contributed by atoms with Gasteiger partial charge in [-0.3, -0.25) is 0 Å². The van der Waals surface area contributed by atoms with Gasteiger partial charge in [0, 0.05) is 12.7 Å². The van der Waals surface area contributed by atoms with Crippen LogP contribution in [-0.2, 0) is 9.84 Å². The summed E-state index contributed by atoms with van der Waals surface area (Å²) in [6, 6.07) is 8.23. The van der Waals surface area contributed by atoms with Crippen LogP contribution in [-0.4, -0.2) is 26.0 Å². The minimum absolute atomic E-state index is 0.0212. The van der Waals surface area contributed by atoms with E-state index in [0.29, 0.717) is 12.3 Å². The topological polar surface area (TPSA) is 43.4 Å². The summed E-state index contributed by atoms with van der Waals surface area (Å²) in [6.07, 6.45) is 5.73. The van der Waals surface area contributed by atoms with Gasteiger partial charge in [0.1, 0.15) is 15.6 Å². The molecule has 0 aromatic heterocycles. The Balaban J connectivity index is 1.98. The van der Waals surface area contributed by atoms with Gasteiger partial charge in [0.25, 0.3) is 0 Å². The van der Waals surface area contributed by atoms with E-state index in [1.807, 2.05) is 12.1 Å². The standard InChI is InChI=1S/C17H26O3S/c1-4-13(2)14-8-10-15(11-9-14)20-16-6-5-7-17(12-16)21(3,18)19/h8-11,13,16-17H,4-7,12H2,1-3H3. The number of hydrogen-bond acceptors (Lipinski definition) is 3. The Hall–Kier alpha value is -1.03. The zero-order valence-corrected chi connectivity index (χ0v) is 14.0. The van der Waals surface area contributed by atoms with Crippen LogP contribution in [0.25, 0.3) is 0 Å². The van der Waals surface area contributed by atoms with E-state index in [4.69, 9.17) is 4.74 Å². The maximum Gasteiger partial charge on any atom is 0.150 e. The maximum atomic E-state index is 11.7. The smallest absolute Gasteiger partial charge is 0.150 e. The fourth-order valence-electron chi connectivity index (χ4n) is 2.90. The summed E-state index contributed by atoms with van der Waals surface area (Å²) in [5, 5.41) is -0.240. The quantitative estimate of drug-likeness (QED) is 0.827. The van der Waals surface area contributed by atoms with Crippen LogP contribution in [0.3, 0.4) is 0 Å². The fourth-order valence-corrected chi connectivity index (χ4v) is 4.06. The van der Waals surface area contributed by atoms with E-state index in [0.717, 1.165) is 31.4 Å². The van der Waals surface area contributed by atoms with E-state index in [2.05, 4.69) is 26.0 Å². The minimum Gasteiger partial charge on any atom is -0.490 e. The fraction of sp³-hybridized carbons (Fsp3) is 0.647. The summed E-state index contributed by atoms with van der Waals surface area (Å²) in [6.45, 7) is 4.40. The van der Waals surface area contributed by atoms with Crippen LogP contribution in [0, 0.1) is 0 Å². The highest BCUT2D eigenvalue weighted by atomic mass is 32.2. The van der Waals surface area contributed by atoms with Crippen molar-refractivity contribution < 1.29 is 13.2 Å². The molecule has 3 nitrogen and oxygen atoms in total. The van der Waals surface area contributed by atoms with Crippen molar-refractivity contribution in [2.24, 2.45) is 0 Å². The van der Waals surface area contributed by atoms with Gasteiger partial charge >= 0.3 is 0 Å². The summed E-state index contributed by atoms with van der Waals surface area (Å²) in [4.78, 5) is 0. The summed E-state index contributed by atoms with van der Waals surface area (Å²) in [5.41, 5.74) is 1.32. The normalized spacial score (nSPS) is 24.5. The van der Waals surface area contributed by atoms with E-state index in [-0.39, 0.29) is 11.4 Å². The van der Waals surface area contributed by atoms with Gasteiger partial charge < -0.3 is 4.74 Å². The third-order valence-electron chi connectivity index (χ3n) is 4.55. The molecule has 1 fully saturated rings. The van der Waals surface area contributed by atoms with E-state index in [1.54, 1.807) is 0 Å². The Morgan fingerprint density at radius 3 is 2.48 bits per heavy atom. The molecule has 3 atom stereocenters. The van der Waals surface area contributed by atoms with Crippen LogP contribution >= 0.6 is 0 Å². The molecule has 3 unspecified atom stereocenters. The molecule has 0 spiro atoms. The second-order valence-corrected chi connectivity index (χ2v) is 8.56. The third-order valence-corrected chi connectivity index (χ3v) is 6.19. The number of benzene rings is 1. The first kappa shape index (κ1) is 16.3. The van der Waals surface area contributed by atoms with Gasteiger partial charge in [-0.15, -0.1) is 0 Å². The Morgan fingerprint density at radius 1 is 1.24 bits per heavy atom. The molecule has 1 aliphatic carbocycles. The largest absolute Gasteiger partial charge is 0.490 e. The molecule has 0 bridgehead atoms. The van der Waals surface area contributed by atoms with Gasteiger partial charge in [0.05, 0.1) is 11.4 Å². The van der Waals surface area contributed by atoms with Crippen LogP contribution in [0.2, 0.25) is 0 Å². The number of ether oxygens (including phenoxy) is 1. The summed E-state index contributed by atoms with van der Waals surface area (Å²) in [5.74, 6) is 1.41. The van der Waals surface area contributed by atoms with Gasteiger partial charge in [-0.2, -0.15) is 0 Å². The van der Waals surface area contributed by atoms with Gasteiger partial charge in [0.15, 0.2) is 0 Å². The summed E-state index contributed by atoms with van der Waals surface area (Å²) >= 11 is 0. The molecule has 1 aromatic rings. The molecule has 0 aliphatic heterocycles. The highest BCUT2D eigenvalue weighted by Gasteiger charge is 2.29. The van der Waals surface area contributed by atoms with Gasteiger partial charge in [0.2, 0.25) is 0 Å². The molecule has 118 valence electrons. The molecule has 4 heteroatoms. The van der Waals surface area contributed by atoms with E-state index in [1.165, 1.54) is 11.8 Å². The van der Waals surface area contributed by atoms with Crippen LogP contribution in [0.5, 0.6) is 5.75 Å². The van der Waals surface area contributed by atoms with Gasteiger partial charge in [-0.1, -0.05) is 26.0 Å². The first-order valence-electron chi connectivity index (χ1n) is 7.85. The Kier molecular flexibility index (Phi) is 5.31. The number of hydrogen-bond donors (Lipinski definition) is 0. The predicted molar refractivity (Wildman–Crippen MR) is 86.7 cm³/mol. The molecule has 1 aliphatic rings. The van der Waals surface area contributed by atoms with Crippen molar-refractivity contribution in [2.45, 2.75) is 63.2 Å². The lowest BCUT2D eigenvalue weighted by atomic mass is 9.97. The molecule has 1 aromatic carbocycles. The lowest BCUT2D eigenvalue weighted by Crippen LogP contribution is -2.33. The zero-order chi connectivity index (χ0) is 15.5. The number of sulfone groups is 1. The molecule has 0 saturated heterocycles. The molecular weight excluding hydrogens is 284 g/mol. The SMILES string of the molecule is CCC(C)c1ccc(OC2CCCC(S(C)(=O)=O)C2)cc1. The molecule has 2 rings (SSSR count). The minimum atomic E-state index is -2.95. The van der Waals surface area contributed by atoms with E-state index < -0.39 is 9.84 Å². The predicted octanol–water partition coefficient (Wildman–Crippen LogP) is 3.93. The molecule has 0 radical (unpaired) electrons. The molecule has 21 heavy (non-hydrogen) atoms. The molecule has 0 amide bonds.